The van der Waals surface area contributed by atoms with Gasteiger partial charge in [-0.15, -0.1) is 0 Å². The average Bonchev–Trinajstić information content (AvgIpc) is 2.79. The van der Waals surface area contributed by atoms with Gasteiger partial charge in [0.15, 0.2) is 0 Å². The van der Waals surface area contributed by atoms with Gasteiger partial charge < -0.3 is 9.84 Å². The molecule has 1 aromatic carbocycles. The minimum Gasteiger partial charge on any atom is -0.378 e. The lowest BCUT2D eigenvalue weighted by molar-refractivity contribution is 0.392. The summed E-state index contributed by atoms with van der Waals surface area (Å²) >= 11 is 0. The Bertz CT molecular complexity index is 778. The number of pyridine rings is 1. The predicted octanol–water partition coefficient (Wildman–Crippen LogP) is 4.15. The molecule has 108 valence electrons. The summed E-state index contributed by atoms with van der Waals surface area (Å²) in [6, 6.07) is 6.80. The number of aromatic nitrogens is 2. The molecule has 0 saturated heterocycles. The van der Waals surface area contributed by atoms with Crippen LogP contribution in [0.2, 0.25) is 0 Å². The zero-order chi connectivity index (χ0) is 15.0. The Kier molecular flexibility index (Phi) is 3.33. The van der Waals surface area contributed by atoms with Gasteiger partial charge in [0.05, 0.1) is 11.7 Å². The Labute approximate surface area is 122 Å². The second kappa shape index (κ2) is 5.16. The summed E-state index contributed by atoms with van der Waals surface area (Å²) < 4.78 is 19.0. The van der Waals surface area contributed by atoms with Crippen LogP contribution in [0.1, 0.15) is 30.0 Å². The van der Waals surface area contributed by atoms with E-state index < -0.39 is 0 Å². The van der Waals surface area contributed by atoms with Crippen molar-refractivity contribution in [1.29, 1.82) is 0 Å². The van der Waals surface area contributed by atoms with E-state index in [1.807, 2.05) is 32.9 Å². The predicted molar refractivity (Wildman–Crippen MR) is 79.7 cm³/mol. The van der Waals surface area contributed by atoms with Gasteiger partial charge in [-0.3, -0.25) is 4.98 Å². The molecule has 2 aromatic heterocycles. The number of aryl methyl sites for hydroxylation is 2. The van der Waals surface area contributed by atoms with E-state index in [9.17, 15) is 4.39 Å². The van der Waals surface area contributed by atoms with Crippen molar-refractivity contribution in [1.82, 2.24) is 10.1 Å². The normalized spacial score (nSPS) is 12.6. The second-order valence-corrected chi connectivity index (χ2v) is 5.10. The second-order valence-electron chi connectivity index (χ2n) is 5.10. The van der Waals surface area contributed by atoms with Crippen LogP contribution in [-0.4, -0.2) is 10.1 Å². The molecular weight excluding hydrogens is 269 g/mol. The zero-order valence-electron chi connectivity index (χ0n) is 12.1. The molecule has 0 aliphatic heterocycles. The number of halogens is 1. The number of hydrogen-bond donors (Lipinski definition) is 1. The van der Waals surface area contributed by atoms with Crippen LogP contribution in [0.5, 0.6) is 0 Å². The molecule has 0 saturated carbocycles. The molecule has 0 fully saturated rings. The Morgan fingerprint density at radius 1 is 1.24 bits per heavy atom. The van der Waals surface area contributed by atoms with Gasteiger partial charge in [-0.1, -0.05) is 17.3 Å². The molecule has 5 heteroatoms. The Hall–Kier alpha value is -2.43. The Balaban J connectivity index is 2.01. The quantitative estimate of drug-likeness (QED) is 0.785. The lowest BCUT2D eigenvalue weighted by Gasteiger charge is -2.16. The van der Waals surface area contributed by atoms with Crippen molar-refractivity contribution in [2.45, 2.75) is 26.8 Å². The standard InChI is InChI=1S/C16H16FN3O/c1-9(15-10(2)20-21-11(15)3)19-14-7-8-18-16-12(14)5-4-6-13(16)17/h4-9H,1-3H3,(H,18,19)/t9-/m1/s1. The molecule has 2 heterocycles. The molecule has 0 aliphatic rings. The van der Waals surface area contributed by atoms with Crippen LogP contribution >= 0.6 is 0 Å². The first kappa shape index (κ1) is 13.5. The number of hydrogen-bond acceptors (Lipinski definition) is 4. The maximum atomic E-state index is 13.8. The van der Waals surface area contributed by atoms with Crippen molar-refractivity contribution in [3.8, 4) is 0 Å². The van der Waals surface area contributed by atoms with Crippen LogP contribution in [0.25, 0.3) is 10.9 Å². The molecule has 0 bridgehead atoms. The van der Waals surface area contributed by atoms with Gasteiger partial charge in [-0.2, -0.15) is 0 Å². The molecular formula is C16H16FN3O. The van der Waals surface area contributed by atoms with Gasteiger partial charge in [0, 0.05) is 22.8 Å². The third-order valence-electron chi connectivity index (χ3n) is 3.62. The van der Waals surface area contributed by atoms with E-state index in [1.165, 1.54) is 6.07 Å². The van der Waals surface area contributed by atoms with Crippen molar-refractivity contribution in [3.05, 3.63) is 53.3 Å². The van der Waals surface area contributed by atoms with E-state index in [0.29, 0.717) is 5.52 Å². The molecule has 1 N–H and O–H groups in total. The first-order valence-electron chi connectivity index (χ1n) is 6.80. The first-order valence-corrected chi connectivity index (χ1v) is 6.80. The zero-order valence-corrected chi connectivity index (χ0v) is 12.1. The summed E-state index contributed by atoms with van der Waals surface area (Å²) in [5, 5.41) is 8.12. The number of para-hydroxylation sites is 1. The smallest absolute Gasteiger partial charge is 0.149 e. The van der Waals surface area contributed by atoms with Crippen molar-refractivity contribution in [3.63, 3.8) is 0 Å². The SMILES string of the molecule is Cc1noc(C)c1[C@@H](C)Nc1ccnc2c(F)cccc12. The Morgan fingerprint density at radius 3 is 2.76 bits per heavy atom. The summed E-state index contributed by atoms with van der Waals surface area (Å²) in [4.78, 5) is 4.10. The third-order valence-corrected chi connectivity index (χ3v) is 3.62. The lowest BCUT2D eigenvalue weighted by atomic mass is 10.1. The van der Waals surface area contributed by atoms with E-state index in [1.54, 1.807) is 12.3 Å². The largest absolute Gasteiger partial charge is 0.378 e. The molecule has 21 heavy (non-hydrogen) atoms. The van der Waals surface area contributed by atoms with Crippen LogP contribution in [0.3, 0.4) is 0 Å². The Morgan fingerprint density at radius 2 is 2.05 bits per heavy atom. The highest BCUT2D eigenvalue weighted by Crippen LogP contribution is 2.29. The summed E-state index contributed by atoms with van der Waals surface area (Å²) in [6.45, 7) is 5.82. The van der Waals surface area contributed by atoms with Crippen molar-refractivity contribution in [2.75, 3.05) is 5.32 Å². The molecule has 0 spiro atoms. The van der Waals surface area contributed by atoms with Crippen LogP contribution < -0.4 is 5.32 Å². The molecule has 0 amide bonds. The van der Waals surface area contributed by atoms with Gasteiger partial charge >= 0.3 is 0 Å². The van der Waals surface area contributed by atoms with Crippen LogP contribution in [0.4, 0.5) is 10.1 Å². The number of rotatable bonds is 3. The van der Waals surface area contributed by atoms with Crippen LogP contribution in [-0.2, 0) is 0 Å². The number of nitrogens with one attached hydrogen (secondary N) is 1. The van der Waals surface area contributed by atoms with Crippen molar-refractivity contribution in [2.24, 2.45) is 0 Å². The number of benzene rings is 1. The highest BCUT2D eigenvalue weighted by molar-refractivity contribution is 5.91. The van der Waals surface area contributed by atoms with Gasteiger partial charge in [0.2, 0.25) is 0 Å². The topological polar surface area (TPSA) is 51.0 Å². The number of anilines is 1. The molecule has 0 aliphatic carbocycles. The molecule has 0 unspecified atom stereocenters. The minimum atomic E-state index is -0.318. The number of fused-ring (bicyclic) bond motifs is 1. The summed E-state index contributed by atoms with van der Waals surface area (Å²) in [5.41, 5.74) is 3.09. The molecule has 4 nitrogen and oxygen atoms in total. The fourth-order valence-corrected chi connectivity index (χ4v) is 2.68. The fraction of sp³-hybridized carbons (Fsp3) is 0.250. The first-order chi connectivity index (χ1) is 10.1. The highest BCUT2D eigenvalue weighted by atomic mass is 19.1. The third kappa shape index (κ3) is 2.35. The monoisotopic (exact) mass is 285 g/mol. The van der Waals surface area contributed by atoms with Crippen LogP contribution in [0, 0.1) is 19.7 Å². The molecule has 1 atom stereocenters. The summed E-state index contributed by atoms with van der Waals surface area (Å²) in [7, 11) is 0. The maximum absolute atomic E-state index is 13.8. The summed E-state index contributed by atoms with van der Waals surface area (Å²) in [5.74, 6) is 0.471. The van der Waals surface area contributed by atoms with E-state index in [-0.39, 0.29) is 11.9 Å². The maximum Gasteiger partial charge on any atom is 0.149 e. The highest BCUT2D eigenvalue weighted by Gasteiger charge is 2.17. The molecule has 3 aromatic rings. The van der Waals surface area contributed by atoms with E-state index >= 15 is 0 Å². The fourth-order valence-electron chi connectivity index (χ4n) is 2.68. The van der Waals surface area contributed by atoms with Crippen molar-refractivity contribution >= 4 is 16.6 Å². The van der Waals surface area contributed by atoms with Gasteiger partial charge in [-0.05, 0) is 32.9 Å². The van der Waals surface area contributed by atoms with Gasteiger partial charge in [0.25, 0.3) is 0 Å². The van der Waals surface area contributed by atoms with E-state index in [2.05, 4.69) is 15.5 Å². The average molecular weight is 285 g/mol. The lowest BCUT2D eigenvalue weighted by Crippen LogP contribution is -2.09. The van der Waals surface area contributed by atoms with E-state index in [4.69, 9.17) is 4.52 Å². The minimum absolute atomic E-state index is 0.00474. The van der Waals surface area contributed by atoms with Crippen LogP contribution in [0.15, 0.2) is 35.0 Å². The number of nitrogens with zero attached hydrogens (tertiary/aromatic N) is 2. The summed E-state index contributed by atoms with van der Waals surface area (Å²) in [6.07, 6.45) is 1.60. The molecule has 0 radical (unpaired) electrons. The van der Waals surface area contributed by atoms with Gasteiger partial charge in [0.1, 0.15) is 17.1 Å². The van der Waals surface area contributed by atoms with Gasteiger partial charge in [-0.25, -0.2) is 4.39 Å². The van der Waals surface area contributed by atoms with Crippen molar-refractivity contribution < 1.29 is 8.91 Å². The van der Waals surface area contributed by atoms with E-state index in [0.717, 1.165) is 28.1 Å². The molecule has 3 rings (SSSR count).